The summed E-state index contributed by atoms with van der Waals surface area (Å²) in [5, 5.41) is 1.16. The van der Waals surface area contributed by atoms with E-state index in [-0.39, 0.29) is 0 Å². The summed E-state index contributed by atoms with van der Waals surface area (Å²) >= 11 is 0. The van der Waals surface area contributed by atoms with Gasteiger partial charge in [-0.25, -0.2) is 4.42 Å². The first-order valence-electron chi connectivity index (χ1n) is 3.63. The van der Waals surface area contributed by atoms with Crippen LogP contribution in [0.2, 0.25) is 0 Å². The monoisotopic (exact) mass is 145 g/mol. The maximum absolute atomic E-state index is 5.27. The third-order valence-corrected chi connectivity index (χ3v) is 1.71. The molecule has 0 unspecified atom stereocenters. The average Bonchev–Trinajstić information content (AvgIpc) is 2.04. The van der Waals surface area contributed by atoms with E-state index >= 15 is 0 Å². The Bertz CT molecular complexity index is 379. The van der Waals surface area contributed by atoms with Crippen LogP contribution >= 0.6 is 0 Å². The van der Waals surface area contributed by atoms with Gasteiger partial charge in [0.2, 0.25) is 0 Å². The third-order valence-electron chi connectivity index (χ3n) is 1.71. The van der Waals surface area contributed by atoms with Gasteiger partial charge in [-0.05, 0) is 30.7 Å². The molecular weight excluding hydrogens is 136 g/mol. The Morgan fingerprint density at radius 1 is 1.18 bits per heavy atom. The Balaban J connectivity index is 2.83. The SMILES string of the molecule is Cc1ccc2[o+]cccc2c1. The molecule has 1 aromatic carbocycles. The van der Waals surface area contributed by atoms with Crippen LogP contribution in [0.5, 0.6) is 0 Å². The molecule has 0 N–H and O–H groups in total. The van der Waals surface area contributed by atoms with E-state index in [0.29, 0.717) is 0 Å². The van der Waals surface area contributed by atoms with Crippen molar-refractivity contribution in [2.24, 2.45) is 0 Å². The molecule has 1 aromatic heterocycles. The lowest BCUT2D eigenvalue weighted by molar-refractivity contribution is 0.604. The number of rotatable bonds is 0. The van der Waals surface area contributed by atoms with Crippen LogP contribution in [-0.2, 0) is 0 Å². The molecule has 0 spiro atoms. The topological polar surface area (TPSA) is 11.3 Å². The molecule has 0 fully saturated rings. The molecule has 0 bridgehead atoms. The van der Waals surface area contributed by atoms with Gasteiger partial charge in [-0.2, -0.15) is 0 Å². The first kappa shape index (κ1) is 6.35. The summed E-state index contributed by atoms with van der Waals surface area (Å²) in [7, 11) is 0. The Labute approximate surface area is 65.3 Å². The van der Waals surface area contributed by atoms with Crippen molar-refractivity contribution in [2.45, 2.75) is 6.92 Å². The lowest BCUT2D eigenvalue weighted by Crippen LogP contribution is -1.73. The maximum Gasteiger partial charge on any atom is 0.359 e. The van der Waals surface area contributed by atoms with Crippen molar-refractivity contribution in [1.82, 2.24) is 0 Å². The van der Waals surface area contributed by atoms with Crippen LogP contribution in [-0.4, -0.2) is 0 Å². The van der Waals surface area contributed by atoms with Crippen LogP contribution in [0.3, 0.4) is 0 Å². The van der Waals surface area contributed by atoms with Crippen LogP contribution < -0.4 is 0 Å². The van der Waals surface area contributed by atoms with Gasteiger partial charge in [0.1, 0.15) is 0 Å². The lowest BCUT2D eigenvalue weighted by Gasteiger charge is -1.88. The molecule has 0 aliphatic heterocycles. The second-order valence-electron chi connectivity index (χ2n) is 2.65. The van der Waals surface area contributed by atoms with Gasteiger partial charge in [0.15, 0.2) is 0 Å². The first-order chi connectivity index (χ1) is 5.36. The number of aryl methyl sites for hydroxylation is 1. The van der Waals surface area contributed by atoms with Gasteiger partial charge in [-0.15, -0.1) is 0 Å². The number of hydrogen-bond acceptors (Lipinski definition) is 0. The van der Waals surface area contributed by atoms with Crippen molar-refractivity contribution < 1.29 is 4.42 Å². The van der Waals surface area contributed by atoms with E-state index in [4.69, 9.17) is 4.42 Å². The molecule has 1 heterocycles. The molecule has 54 valence electrons. The van der Waals surface area contributed by atoms with Crippen molar-refractivity contribution in [3.8, 4) is 0 Å². The third kappa shape index (κ3) is 1.09. The molecule has 0 radical (unpaired) electrons. The van der Waals surface area contributed by atoms with E-state index in [9.17, 15) is 0 Å². The molecule has 0 aliphatic rings. The van der Waals surface area contributed by atoms with Gasteiger partial charge in [-0.1, -0.05) is 0 Å². The molecule has 1 nitrogen and oxygen atoms in total. The minimum absolute atomic E-state index is 0.943. The predicted molar refractivity (Wildman–Crippen MR) is 45.4 cm³/mol. The van der Waals surface area contributed by atoms with Gasteiger partial charge in [0.25, 0.3) is 0 Å². The van der Waals surface area contributed by atoms with Crippen molar-refractivity contribution in [3.05, 3.63) is 42.2 Å². The van der Waals surface area contributed by atoms with Crippen LogP contribution in [0.15, 0.2) is 41.0 Å². The van der Waals surface area contributed by atoms with E-state index in [0.717, 1.165) is 11.0 Å². The number of fused-ring (bicyclic) bond motifs is 1. The molecule has 0 saturated heterocycles. The Kier molecular flexibility index (Phi) is 1.35. The van der Waals surface area contributed by atoms with Crippen LogP contribution in [0, 0.1) is 6.92 Å². The molecule has 11 heavy (non-hydrogen) atoms. The van der Waals surface area contributed by atoms with E-state index in [2.05, 4.69) is 13.0 Å². The fourth-order valence-electron chi connectivity index (χ4n) is 1.16. The highest BCUT2D eigenvalue weighted by molar-refractivity contribution is 5.76. The largest absolute Gasteiger partial charge is 0.359 e. The number of hydrogen-bond donors (Lipinski definition) is 0. The second kappa shape index (κ2) is 2.35. The normalized spacial score (nSPS) is 10.3. The minimum Gasteiger partial charge on any atom is -0.216 e. The summed E-state index contributed by atoms with van der Waals surface area (Å²) in [6.07, 6.45) is 1.69. The average molecular weight is 145 g/mol. The fraction of sp³-hybridized carbons (Fsp3) is 0.100. The summed E-state index contributed by atoms with van der Waals surface area (Å²) in [6.45, 7) is 2.08. The molecule has 0 saturated carbocycles. The Morgan fingerprint density at radius 3 is 3.00 bits per heavy atom. The Morgan fingerprint density at radius 2 is 2.09 bits per heavy atom. The van der Waals surface area contributed by atoms with Gasteiger partial charge in [-0.3, -0.25) is 0 Å². The molecule has 0 aliphatic carbocycles. The summed E-state index contributed by atoms with van der Waals surface area (Å²) in [5.74, 6) is 0. The molecule has 0 amide bonds. The van der Waals surface area contributed by atoms with Gasteiger partial charge >= 0.3 is 11.8 Å². The highest BCUT2D eigenvalue weighted by Gasteiger charge is 2.01. The highest BCUT2D eigenvalue weighted by Crippen LogP contribution is 2.14. The lowest BCUT2D eigenvalue weighted by atomic mass is 10.2. The second-order valence-corrected chi connectivity index (χ2v) is 2.65. The predicted octanol–water partition coefficient (Wildman–Crippen LogP) is 3.02. The van der Waals surface area contributed by atoms with Crippen LogP contribution in [0.25, 0.3) is 11.0 Å². The molecular formula is C10H9O+. The van der Waals surface area contributed by atoms with Gasteiger partial charge < -0.3 is 0 Å². The zero-order valence-electron chi connectivity index (χ0n) is 6.37. The zero-order valence-corrected chi connectivity index (χ0v) is 6.37. The molecule has 2 aromatic rings. The maximum atomic E-state index is 5.27. The molecule has 2 rings (SSSR count). The fourth-order valence-corrected chi connectivity index (χ4v) is 1.16. The van der Waals surface area contributed by atoms with E-state index in [1.807, 2.05) is 24.3 Å². The summed E-state index contributed by atoms with van der Waals surface area (Å²) in [6, 6.07) is 10.1. The molecule has 0 atom stereocenters. The van der Waals surface area contributed by atoms with Crippen LogP contribution in [0.1, 0.15) is 5.56 Å². The van der Waals surface area contributed by atoms with E-state index in [1.165, 1.54) is 5.56 Å². The van der Waals surface area contributed by atoms with E-state index < -0.39 is 0 Å². The van der Waals surface area contributed by atoms with Crippen LogP contribution in [0.4, 0.5) is 0 Å². The van der Waals surface area contributed by atoms with Gasteiger partial charge in [0.05, 0.1) is 5.39 Å². The van der Waals surface area contributed by atoms with Gasteiger partial charge in [0, 0.05) is 12.1 Å². The van der Waals surface area contributed by atoms with Crippen molar-refractivity contribution >= 4 is 11.0 Å². The smallest absolute Gasteiger partial charge is 0.216 e. The minimum atomic E-state index is 0.943. The quantitative estimate of drug-likeness (QED) is 0.518. The summed E-state index contributed by atoms with van der Waals surface area (Å²) in [4.78, 5) is 0. The number of benzene rings is 1. The molecule has 1 heteroatoms. The zero-order chi connectivity index (χ0) is 7.68. The summed E-state index contributed by atoms with van der Waals surface area (Å²) in [5.41, 5.74) is 2.21. The summed E-state index contributed by atoms with van der Waals surface area (Å²) < 4.78 is 5.27. The highest BCUT2D eigenvalue weighted by atomic mass is 16.3. The van der Waals surface area contributed by atoms with Crippen molar-refractivity contribution in [1.29, 1.82) is 0 Å². The van der Waals surface area contributed by atoms with Crippen molar-refractivity contribution in [3.63, 3.8) is 0 Å². The Hall–Kier alpha value is -1.37. The van der Waals surface area contributed by atoms with E-state index in [1.54, 1.807) is 6.26 Å². The standard InChI is InChI=1S/C10H9O/c1-8-4-5-10-9(7-8)3-2-6-11-10/h2-7H,1H3/q+1. The van der Waals surface area contributed by atoms with Crippen molar-refractivity contribution in [2.75, 3.05) is 0 Å². The first-order valence-corrected chi connectivity index (χ1v) is 3.63.